The molecule has 0 saturated carbocycles. The summed E-state index contributed by atoms with van der Waals surface area (Å²) in [6.07, 6.45) is 0.696. The van der Waals surface area contributed by atoms with E-state index in [2.05, 4.69) is 5.32 Å². The minimum absolute atomic E-state index is 0.147. The van der Waals surface area contributed by atoms with Gasteiger partial charge in [0.25, 0.3) is 0 Å². The molecule has 1 atom stereocenters. The van der Waals surface area contributed by atoms with Gasteiger partial charge in [0.2, 0.25) is 5.91 Å². The summed E-state index contributed by atoms with van der Waals surface area (Å²) in [5.74, 6) is -0.553. The molecule has 0 radical (unpaired) electrons. The Labute approximate surface area is 115 Å². The summed E-state index contributed by atoms with van der Waals surface area (Å²) in [4.78, 5) is 13.3. The Morgan fingerprint density at radius 2 is 1.89 bits per heavy atom. The van der Waals surface area contributed by atoms with Crippen LogP contribution in [0.25, 0.3) is 0 Å². The average molecular weight is 273 g/mol. The summed E-state index contributed by atoms with van der Waals surface area (Å²) in [6.45, 7) is 0. The molecule has 3 rings (SSSR count). The van der Waals surface area contributed by atoms with E-state index in [0.29, 0.717) is 6.42 Å². The quantitative estimate of drug-likeness (QED) is 0.907. The molecule has 0 aromatic heterocycles. The van der Waals surface area contributed by atoms with Crippen molar-refractivity contribution in [3.63, 3.8) is 0 Å². The Kier molecular flexibility index (Phi) is 3.25. The van der Waals surface area contributed by atoms with E-state index in [1.165, 1.54) is 23.4 Å². The molecule has 1 heterocycles. The van der Waals surface area contributed by atoms with Crippen molar-refractivity contribution in [3.05, 3.63) is 59.9 Å². The third-order valence-electron chi connectivity index (χ3n) is 3.07. The molecule has 2 aromatic rings. The van der Waals surface area contributed by atoms with Gasteiger partial charge in [-0.1, -0.05) is 30.3 Å². The fourth-order valence-corrected chi connectivity index (χ4v) is 3.30. The van der Waals surface area contributed by atoms with Crippen molar-refractivity contribution in [2.75, 3.05) is 5.32 Å². The molecule has 0 bridgehead atoms. The topological polar surface area (TPSA) is 29.1 Å². The highest BCUT2D eigenvalue weighted by Gasteiger charge is 2.28. The van der Waals surface area contributed by atoms with Crippen LogP contribution in [0.5, 0.6) is 0 Å². The first-order chi connectivity index (χ1) is 9.24. The number of para-hydroxylation sites is 1. The van der Waals surface area contributed by atoms with Gasteiger partial charge >= 0.3 is 0 Å². The summed E-state index contributed by atoms with van der Waals surface area (Å²) < 4.78 is 13.5. The number of halogens is 1. The normalized spacial score (nSPS) is 17.0. The lowest BCUT2D eigenvalue weighted by Gasteiger charge is -2.10. The SMILES string of the molecule is O=C(Nc1ccccc1F)C1Cc2ccccc2S1. The highest BCUT2D eigenvalue weighted by molar-refractivity contribution is 8.01. The van der Waals surface area contributed by atoms with Crippen LogP contribution in [0.2, 0.25) is 0 Å². The maximum absolute atomic E-state index is 13.5. The molecule has 0 spiro atoms. The number of thioether (sulfide) groups is 1. The molecule has 2 aromatic carbocycles. The molecule has 0 fully saturated rings. The van der Waals surface area contributed by atoms with Crippen LogP contribution in [0.4, 0.5) is 10.1 Å². The lowest BCUT2D eigenvalue weighted by atomic mass is 10.1. The third-order valence-corrected chi connectivity index (χ3v) is 4.39. The van der Waals surface area contributed by atoms with Gasteiger partial charge in [-0.3, -0.25) is 4.79 Å². The first-order valence-electron chi connectivity index (χ1n) is 6.04. The van der Waals surface area contributed by atoms with Crippen LogP contribution in [0.15, 0.2) is 53.4 Å². The molecule has 1 N–H and O–H groups in total. The van der Waals surface area contributed by atoms with Crippen molar-refractivity contribution in [3.8, 4) is 0 Å². The van der Waals surface area contributed by atoms with Crippen molar-refractivity contribution in [2.45, 2.75) is 16.6 Å². The number of benzene rings is 2. The van der Waals surface area contributed by atoms with Crippen LogP contribution in [0.1, 0.15) is 5.56 Å². The zero-order valence-corrected chi connectivity index (χ0v) is 10.9. The second kappa shape index (κ2) is 5.05. The number of hydrogen-bond acceptors (Lipinski definition) is 2. The molecular formula is C15H12FNOS. The van der Waals surface area contributed by atoms with Crippen LogP contribution >= 0.6 is 11.8 Å². The minimum atomic E-state index is -0.406. The van der Waals surface area contributed by atoms with Crippen molar-refractivity contribution in [1.29, 1.82) is 0 Å². The molecule has 2 nitrogen and oxygen atoms in total. The molecule has 19 heavy (non-hydrogen) atoms. The van der Waals surface area contributed by atoms with Crippen molar-refractivity contribution in [1.82, 2.24) is 0 Å². The van der Waals surface area contributed by atoms with Gasteiger partial charge in [0, 0.05) is 4.90 Å². The second-order valence-corrected chi connectivity index (χ2v) is 5.63. The Hall–Kier alpha value is -1.81. The van der Waals surface area contributed by atoms with Gasteiger partial charge in [0.1, 0.15) is 5.82 Å². The Balaban J connectivity index is 1.72. The maximum atomic E-state index is 13.5. The molecule has 1 aliphatic heterocycles. The lowest BCUT2D eigenvalue weighted by molar-refractivity contribution is -0.115. The lowest BCUT2D eigenvalue weighted by Crippen LogP contribution is -2.25. The van der Waals surface area contributed by atoms with E-state index in [4.69, 9.17) is 0 Å². The van der Waals surface area contributed by atoms with Crippen LogP contribution < -0.4 is 5.32 Å². The maximum Gasteiger partial charge on any atom is 0.238 e. The second-order valence-electron chi connectivity index (χ2n) is 4.39. The van der Waals surface area contributed by atoms with Crippen LogP contribution in [0.3, 0.4) is 0 Å². The molecule has 1 aliphatic rings. The third kappa shape index (κ3) is 2.49. The number of amides is 1. The Bertz CT molecular complexity index is 604. The van der Waals surface area contributed by atoms with Gasteiger partial charge in [-0.05, 0) is 30.2 Å². The number of carbonyl (C=O) groups is 1. The minimum Gasteiger partial charge on any atom is -0.323 e. The largest absolute Gasteiger partial charge is 0.323 e. The van der Waals surface area contributed by atoms with Crippen molar-refractivity contribution >= 4 is 23.4 Å². The van der Waals surface area contributed by atoms with Crippen LogP contribution in [-0.4, -0.2) is 11.2 Å². The number of rotatable bonds is 2. The van der Waals surface area contributed by atoms with Gasteiger partial charge in [-0.2, -0.15) is 0 Å². The van der Waals surface area contributed by atoms with E-state index in [-0.39, 0.29) is 16.8 Å². The highest BCUT2D eigenvalue weighted by Crippen LogP contribution is 2.37. The first-order valence-corrected chi connectivity index (χ1v) is 6.92. The summed E-state index contributed by atoms with van der Waals surface area (Å²) in [7, 11) is 0. The Morgan fingerprint density at radius 1 is 1.16 bits per heavy atom. The van der Waals surface area contributed by atoms with Gasteiger partial charge in [0.15, 0.2) is 0 Å². The number of nitrogens with one attached hydrogen (secondary N) is 1. The summed E-state index contributed by atoms with van der Waals surface area (Å²) in [6, 6.07) is 14.2. The van der Waals surface area contributed by atoms with Crippen LogP contribution in [-0.2, 0) is 11.2 Å². The van der Waals surface area contributed by atoms with Gasteiger partial charge < -0.3 is 5.32 Å². The predicted octanol–water partition coefficient (Wildman–Crippen LogP) is 3.48. The van der Waals surface area contributed by atoms with Crippen LogP contribution in [0, 0.1) is 5.82 Å². The average Bonchev–Trinajstić information content (AvgIpc) is 2.85. The summed E-state index contributed by atoms with van der Waals surface area (Å²) >= 11 is 1.53. The van der Waals surface area contributed by atoms with Gasteiger partial charge in [0.05, 0.1) is 10.9 Å². The van der Waals surface area contributed by atoms with E-state index in [0.717, 1.165) is 4.90 Å². The molecule has 0 aliphatic carbocycles. The summed E-state index contributed by atoms with van der Waals surface area (Å²) in [5.41, 5.74) is 1.42. The Morgan fingerprint density at radius 3 is 2.68 bits per heavy atom. The van der Waals surface area contributed by atoms with E-state index in [1.54, 1.807) is 18.2 Å². The smallest absolute Gasteiger partial charge is 0.238 e. The highest BCUT2D eigenvalue weighted by atomic mass is 32.2. The van der Waals surface area contributed by atoms with E-state index in [9.17, 15) is 9.18 Å². The fourth-order valence-electron chi connectivity index (χ4n) is 2.10. The standard InChI is InChI=1S/C15H12FNOS/c16-11-6-2-3-7-12(11)17-15(18)14-9-10-5-1-4-8-13(10)19-14/h1-8,14H,9H2,(H,17,18). The first kappa shape index (κ1) is 12.2. The fraction of sp³-hybridized carbons (Fsp3) is 0.133. The molecule has 4 heteroatoms. The molecular weight excluding hydrogens is 261 g/mol. The van der Waals surface area contributed by atoms with Crippen molar-refractivity contribution < 1.29 is 9.18 Å². The summed E-state index contributed by atoms with van der Waals surface area (Å²) in [5, 5.41) is 2.47. The van der Waals surface area contributed by atoms with E-state index >= 15 is 0 Å². The molecule has 1 amide bonds. The number of anilines is 1. The number of hydrogen-bond donors (Lipinski definition) is 1. The zero-order valence-electron chi connectivity index (χ0n) is 10.1. The van der Waals surface area contributed by atoms with Crippen molar-refractivity contribution in [2.24, 2.45) is 0 Å². The molecule has 96 valence electrons. The van der Waals surface area contributed by atoms with Gasteiger partial charge in [-0.25, -0.2) is 4.39 Å². The van der Waals surface area contributed by atoms with E-state index in [1.807, 2.05) is 24.3 Å². The number of fused-ring (bicyclic) bond motifs is 1. The molecule has 1 unspecified atom stereocenters. The van der Waals surface area contributed by atoms with Gasteiger partial charge in [-0.15, -0.1) is 11.8 Å². The zero-order chi connectivity index (χ0) is 13.2. The van der Waals surface area contributed by atoms with E-state index < -0.39 is 5.82 Å². The predicted molar refractivity (Wildman–Crippen MR) is 74.8 cm³/mol. The number of carbonyl (C=O) groups excluding carboxylic acids is 1. The monoisotopic (exact) mass is 273 g/mol. The molecule has 0 saturated heterocycles.